The SMILES string of the molecule is Cc1nnsc1C(=O)N1CCC(Cn2cnc(-c3cccnc3)cc2=O)CC1. The third kappa shape index (κ3) is 3.84. The summed E-state index contributed by atoms with van der Waals surface area (Å²) < 4.78 is 5.49. The van der Waals surface area contributed by atoms with E-state index in [4.69, 9.17) is 0 Å². The third-order valence-corrected chi connectivity index (χ3v) is 5.86. The van der Waals surface area contributed by atoms with Crippen molar-refractivity contribution >= 4 is 17.4 Å². The van der Waals surface area contributed by atoms with Crippen molar-refractivity contribution in [3.8, 4) is 11.3 Å². The molecule has 0 radical (unpaired) electrons. The number of likely N-dealkylation sites (tertiary alicyclic amines) is 1. The Bertz CT molecular complexity index is 1020. The van der Waals surface area contributed by atoms with Crippen molar-refractivity contribution in [3.05, 3.63) is 57.8 Å². The Kier molecular flexibility index (Phi) is 5.25. The van der Waals surface area contributed by atoms with Crippen LogP contribution < -0.4 is 5.56 Å². The minimum atomic E-state index is -0.0706. The number of pyridine rings is 1. The van der Waals surface area contributed by atoms with E-state index in [2.05, 4.69) is 19.6 Å². The second-order valence-corrected chi connectivity index (χ2v) is 7.68. The van der Waals surface area contributed by atoms with Gasteiger partial charge in [0.2, 0.25) is 0 Å². The zero-order valence-electron chi connectivity index (χ0n) is 15.5. The molecule has 0 unspecified atom stereocenters. The number of carbonyl (C=O) groups is 1. The molecule has 1 amide bonds. The first-order chi connectivity index (χ1) is 13.6. The van der Waals surface area contributed by atoms with E-state index >= 15 is 0 Å². The average Bonchev–Trinajstić information content (AvgIpc) is 3.16. The van der Waals surface area contributed by atoms with Gasteiger partial charge in [-0.05, 0) is 49.3 Å². The number of hydrogen-bond donors (Lipinski definition) is 0. The fourth-order valence-corrected chi connectivity index (χ4v) is 4.03. The van der Waals surface area contributed by atoms with Crippen LogP contribution in [0.15, 0.2) is 41.7 Å². The summed E-state index contributed by atoms with van der Waals surface area (Å²) in [6, 6.07) is 5.25. The van der Waals surface area contributed by atoms with E-state index < -0.39 is 0 Å². The molecular weight excluding hydrogens is 376 g/mol. The van der Waals surface area contributed by atoms with Crippen LogP contribution >= 0.6 is 11.5 Å². The van der Waals surface area contributed by atoms with Crippen LogP contribution in [-0.2, 0) is 6.54 Å². The van der Waals surface area contributed by atoms with Crippen molar-refractivity contribution in [2.24, 2.45) is 5.92 Å². The third-order valence-electron chi connectivity index (χ3n) is 5.04. The van der Waals surface area contributed by atoms with Crippen LogP contribution in [0.4, 0.5) is 0 Å². The number of rotatable bonds is 4. The molecule has 3 aromatic rings. The number of aromatic nitrogens is 5. The molecule has 0 spiro atoms. The van der Waals surface area contributed by atoms with E-state index in [1.807, 2.05) is 17.0 Å². The van der Waals surface area contributed by atoms with Crippen molar-refractivity contribution in [1.29, 1.82) is 0 Å². The molecule has 28 heavy (non-hydrogen) atoms. The van der Waals surface area contributed by atoms with Crippen molar-refractivity contribution < 1.29 is 4.79 Å². The molecule has 144 valence electrons. The number of amides is 1. The monoisotopic (exact) mass is 396 g/mol. The molecule has 0 saturated carbocycles. The van der Waals surface area contributed by atoms with E-state index in [-0.39, 0.29) is 11.5 Å². The molecule has 1 fully saturated rings. The second kappa shape index (κ2) is 7.97. The smallest absolute Gasteiger partial charge is 0.267 e. The maximum Gasteiger partial charge on any atom is 0.267 e. The summed E-state index contributed by atoms with van der Waals surface area (Å²) in [4.78, 5) is 36.0. The maximum absolute atomic E-state index is 12.6. The van der Waals surface area contributed by atoms with Gasteiger partial charge in [-0.2, -0.15) is 0 Å². The van der Waals surface area contributed by atoms with Crippen LogP contribution in [-0.4, -0.2) is 48.0 Å². The molecule has 0 aromatic carbocycles. The van der Waals surface area contributed by atoms with Gasteiger partial charge in [0, 0.05) is 43.7 Å². The predicted octanol–water partition coefficient (Wildman–Crippen LogP) is 2.02. The van der Waals surface area contributed by atoms with Gasteiger partial charge in [0.15, 0.2) is 0 Å². The quantitative estimate of drug-likeness (QED) is 0.670. The van der Waals surface area contributed by atoms with Gasteiger partial charge >= 0.3 is 0 Å². The maximum atomic E-state index is 12.6. The van der Waals surface area contributed by atoms with Crippen molar-refractivity contribution in [1.82, 2.24) is 29.0 Å². The molecule has 0 atom stereocenters. The molecule has 9 heteroatoms. The minimum absolute atomic E-state index is 0.00519. The lowest BCUT2D eigenvalue weighted by Crippen LogP contribution is -2.40. The summed E-state index contributed by atoms with van der Waals surface area (Å²) in [6.45, 7) is 3.77. The summed E-state index contributed by atoms with van der Waals surface area (Å²) in [5, 5.41) is 3.91. The molecular formula is C19H20N6O2S. The summed E-state index contributed by atoms with van der Waals surface area (Å²) in [5.41, 5.74) is 2.07. The van der Waals surface area contributed by atoms with Crippen molar-refractivity contribution in [2.75, 3.05) is 13.1 Å². The number of aryl methyl sites for hydroxylation is 1. The lowest BCUT2D eigenvalue weighted by molar-refractivity contribution is 0.0686. The Balaban J connectivity index is 1.38. The molecule has 0 N–H and O–H groups in total. The Morgan fingerprint density at radius 1 is 1.32 bits per heavy atom. The minimum Gasteiger partial charge on any atom is -0.338 e. The first kappa shape index (κ1) is 18.4. The van der Waals surface area contributed by atoms with Gasteiger partial charge < -0.3 is 4.90 Å². The fraction of sp³-hybridized carbons (Fsp3) is 0.368. The van der Waals surface area contributed by atoms with Gasteiger partial charge in [-0.25, -0.2) is 4.98 Å². The molecule has 1 aliphatic heterocycles. The molecule has 0 aliphatic carbocycles. The lowest BCUT2D eigenvalue weighted by Gasteiger charge is -2.31. The van der Waals surface area contributed by atoms with E-state index in [9.17, 15) is 9.59 Å². The van der Waals surface area contributed by atoms with Gasteiger partial charge in [0.25, 0.3) is 11.5 Å². The van der Waals surface area contributed by atoms with E-state index in [1.165, 1.54) is 0 Å². The molecule has 3 aromatic heterocycles. The van der Waals surface area contributed by atoms with Gasteiger partial charge in [0.05, 0.1) is 17.7 Å². The Morgan fingerprint density at radius 3 is 2.79 bits per heavy atom. The molecule has 4 heterocycles. The highest BCUT2D eigenvalue weighted by Crippen LogP contribution is 2.22. The molecule has 8 nitrogen and oxygen atoms in total. The zero-order chi connectivity index (χ0) is 19.5. The van der Waals surface area contributed by atoms with Gasteiger partial charge in [0.1, 0.15) is 4.88 Å². The van der Waals surface area contributed by atoms with E-state index in [0.717, 1.165) is 29.9 Å². The lowest BCUT2D eigenvalue weighted by atomic mass is 9.96. The van der Waals surface area contributed by atoms with Crippen molar-refractivity contribution in [2.45, 2.75) is 26.3 Å². The summed E-state index contributed by atoms with van der Waals surface area (Å²) in [7, 11) is 0. The topological polar surface area (TPSA) is 93.9 Å². The molecule has 4 rings (SSSR count). The molecule has 0 bridgehead atoms. The van der Waals surface area contributed by atoms with Gasteiger partial charge in [-0.1, -0.05) is 4.49 Å². The zero-order valence-corrected chi connectivity index (χ0v) is 16.3. The van der Waals surface area contributed by atoms with Crippen LogP contribution in [0.1, 0.15) is 28.2 Å². The van der Waals surface area contributed by atoms with Gasteiger partial charge in [-0.3, -0.25) is 19.1 Å². The van der Waals surface area contributed by atoms with Gasteiger partial charge in [-0.15, -0.1) is 5.10 Å². The first-order valence-electron chi connectivity index (χ1n) is 9.17. The summed E-state index contributed by atoms with van der Waals surface area (Å²) in [6.07, 6.45) is 6.70. The summed E-state index contributed by atoms with van der Waals surface area (Å²) >= 11 is 1.15. The number of hydrogen-bond acceptors (Lipinski definition) is 7. The van der Waals surface area contributed by atoms with Crippen LogP contribution in [0.5, 0.6) is 0 Å². The number of carbonyl (C=O) groups excluding carboxylic acids is 1. The van der Waals surface area contributed by atoms with E-state index in [0.29, 0.717) is 41.8 Å². The predicted molar refractivity (Wildman–Crippen MR) is 105 cm³/mol. The highest BCUT2D eigenvalue weighted by Gasteiger charge is 2.26. The van der Waals surface area contributed by atoms with Crippen LogP contribution in [0.2, 0.25) is 0 Å². The highest BCUT2D eigenvalue weighted by atomic mass is 32.1. The fourth-order valence-electron chi connectivity index (χ4n) is 3.40. The average molecular weight is 396 g/mol. The second-order valence-electron chi connectivity index (χ2n) is 6.93. The number of nitrogens with zero attached hydrogens (tertiary/aromatic N) is 6. The molecule has 1 aliphatic rings. The van der Waals surface area contributed by atoms with Crippen LogP contribution in [0.3, 0.4) is 0 Å². The highest BCUT2D eigenvalue weighted by molar-refractivity contribution is 7.07. The van der Waals surface area contributed by atoms with E-state index in [1.54, 1.807) is 36.3 Å². The number of piperidine rings is 1. The first-order valence-corrected chi connectivity index (χ1v) is 9.94. The summed E-state index contributed by atoms with van der Waals surface area (Å²) in [5.74, 6) is 0.346. The Morgan fingerprint density at radius 2 is 2.14 bits per heavy atom. The van der Waals surface area contributed by atoms with Crippen LogP contribution in [0, 0.1) is 12.8 Å². The molecule has 1 saturated heterocycles. The standard InChI is InChI=1S/C19H20N6O2S/c1-13-18(28-23-22-13)19(27)24-7-4-14(5-8-24)11-25-12-21-16(9-17(25)26)15-3-2-6-20-10-15/h2-3,6,9-10,12,14H,4-5,7-8,11H2,1H3. The van der Waals surface area contributed by atoms with Crippen LogP contribution in [0.25, 0.3) is 11.3 Å². The normalized spacial score (nSPS) is 15.0. The Labute approximate surface area is 166 Å². The Hall–Kier alpha value is -2.94. The van der Waals surface area contributed by atoms with Crippen molar-refractivity contribution in [3.63, 3.8) is 0 Å². The largest absolute Gasteiger partial charge is 0.338 e.